The second-order valence-corrected chi connectivity index (χ2v) is 6.47. The van der Waals surface area contributed by atoms with Crippen molar-refractivity contribution in [3.8, 4) is 0 Å². The van der Waals surface area contributed by atoms with Gasteiger partial charge in [-0.15, -0.1) is 0 Å². The van der Waals surface area contributed by atoms with Gasteiger partial charge in [0.1, 0.15) is 0 Å². The maximum atomic E-state index is 11.5. The molecule has 2 aromatic rings. The first-order valence-corrected chi connectivity index (χ1v) is 7.79. The van der Waals surface area contributed by atoms with E-state index in [0.29, 0.717) is 11.4 Å². The van der Waals surface area contributed by atoms with Crippen molar-refractivity contribution in [2.45, 2.75) is 18.4 Å². The Hall–Kier alpha value is -1.88. The Labute approximate surface area is 113 Å². The summed E-state index contributed by atoms with van der Waals surface area (Å²) >= 11 is 0. The molecular formula is C14H16N2O2S. The average Bonchev–Trinajstić information content (AvgIpc) is 2.37. The quantitative estimate of drug-likeness (QED) is 0.931. The maximum absolute atomic E-state index is 11.5. The van der Waals surface area contributed by atoms with E-state index < -0.39 is 9.84 Å². The van der Waals surface area contributed by atoms with Crippen LogP contribution < -0.4 is 5.32 Å². The van der Waals surface area contributed by atoms with Crippen LogP contribution in [0.2, 0.25) is 0 Å². The molecule has 4 nitrogen and oxygen atoms in total. The molecule has 0 aliphatic heterocycles. The van der Waals surface area contributed by atoms with Crippen molar-refractivity contribution in [2.75, 3.05) is 11.6 Å². The number of rotatable bonds is 4. The maximum Gasteiger partial charge on any atom is 0.175 e. The van der Waals surface area contributed by atoms with Gasteiger partial charge in [0.15, 0.2) is 9.84 Å². The molecule has 1 heterocycles. The zero-order valence-corrected chi connectivity index (χ0v) is 11.7. The van der Waals surface area contributed by atoms with Gasteiger partial charge in [-0.05, 0) is 42.3 Å². The summed E-state index contributed by atoms with van der Waals surface area (Å²) in [6.45, 7) is 2.64. The third-order valence-corrected chi connectivity index (χ3v) is 4.00. The molecule has 0 fully saturated rings. The standard InChI is InChI=1S/C14H16N2O2S/c1-11-6-7-15-9-12(11)10-16-13-4-3-5-14(8-13)19(2,17)18/h3-9,16H,10H2,1-2H3. The predicted octanol–water partition coefficient (Wildman–Crippen LogP) is 2.41. The lowest BCUT2D eigenvalue weighted by atomic mass is 10.1. The monoisotopic (exact) mass is 276 g/mol. The number of aromatic nitrogens is 1. The van der Waals surface area contributed by atoms with Gasteiger partial charge in [0.2, 0.25) is 0 Å². The van der Waals surface area contributed by atoms with E-state index in [0.717, 1.165) is 16.8 Å². The molecule has 0 radical (unpaired) electrons. The number of nitrogens with one attached hydrogen (secondary N) is 1. The molecule has 0 atom stereocenters. The minimum absolute atomic E-state index is 0.320. The number of nitrogens with zero attached hydrogens (tertiary/aromatic N) is 1. The van der Waals surface area contributed by atoms with Crippen LogP contribution in [0.3, 0.4) is 0 Å². The summed E-state index contributed by atoms with van der Waals surface area (Å²) in [6.07, 6.45) is 4.77. The lowest BCUT2D eigenvalue weighted by Gasteiger charge is -2.09. The molecule has 0 unspecified atom stereocenters. The van der Waals surface area contributed by atoms with Crippen molar-refractivity contribution in [2.24, 2.45) is 0 Å². The van der Waals surface area contributed by atoms with E-state index >= 15 is 0 Å². The van der Waals surface area contributed by atoms with E-state index in [1.807, 2.05) is 25.3 Å². The molecule has 0 aliphatic carbocycles. The van der Waals surface area contributed by atoms with Crippen LogP contribution in [0.15, 0.2) is 47.6 Å². The number of hydrogen-bond donors (Lipinski definition) is 1. The smallest absolute Gasteiger partial charge is 0.175 e. The third-order valence-electron chi connectivity index (χ3n) is 2.89. The van der Waals surface area contributed by atoms with Gasteiger partial charge in [-0.3, -0.25) is 4.98 Å². The Kier molecular flexibility index (Phi) is 3.85. The molecule has 1 N–H and O–H groups in total. The predicted molar refractivity (Wildman–Crippen MR) is 75.9 cm³/mol. The number of sulfone groups is 1. The fourth-order valence-electron chi connectivity index (χ4n) is 1.72. The SMILES string of the molecule is Cc1ccncc1CNc1cccc(S(C)(=O)=O)c1. The second-order valence-electron chi connectivity index (χ2n) is 4.46. The van der Waals surface area contributed by atoms with E-state index in [-0.39, 0.29) is 0 Å². The van der Waals surface area contributed by atoms with E-state index in [1.165, 1.54) is 6.26 Å². The first-order valence-electron chi connectivity index (χ1n) is 5.90. The zero-order chi connectivity index (χ0) is 13.9. The summed E-state index contributed by atoms with van der Waals surface area (Å²) in [5, 5.41) is 3.21. The molecule has 5 heteroatoms. The van der Waals surface area contributed by atoms with Crippen LogP contribution in [0.1, 0.15) is 11.1 Å². The molecule has 0 saturated heterocycles. The Balaban J connectivity index is 2.15. The molecule has 0 spiro atoms. The highest BCUT2D eigenvalue weighted by Crippen LogP contribution is 2.16. The summed E-state index contributed by atoms with van der Waals surface area (Å²) in [4.78, 5) is 4.40. The highest BCUT2D eigenvalue weighted by atomic mass is 32.2. The van der Waals surface area contributed by atoms with Crippen LogP contribution >= 0.6 is 0 Å². The Morgan fingerprint density at radius 1 is 1.26 bits per heavy atom. The molecule has 100 valence electrons. The minimum Gasteiger partial charge on any atom is -0.381 e. The van der Waals surface area contributed by atoms with E-state index in [1.54, 1.807) is 24.4 Å². The molecule has 0 saturated carbocycles. The van der Waals surface area contributed by atoms with Gasteiger partial charge in [-0.1, -0.05) is 6.07 Å². The molecule has 1 aromatic carbocycles. The number of pyridine rings is 1. The van der Waals surface area contributed by atoms with E-state index in [2.05, 4.69) is 10.3 Å². The zero-order valence-electron chi connectivity index (χ0n) is 10.9. The van der Waals surface area contributed by atoms with Gasteiger partial charge in [0.05, 0.1) is 4.90 Å². The van der Waals surface area contributed by atoms with Crippen LogP contribution in [0.25, 0.3) is 0 Å². The normalized spacial score (nSPS) is 11.3. The van der Waals surface area contributed by atoms with Crippen molar-refractivity contribution < 1.29 is 8.42 Å². The highest BCUT2D eigenvalue weighted by Gasteiger charge is 2.07. The molecule has 1 aromatic heterocycles. The highest BCUT2D eigenvalue weighted by molar-refractivity contribution is 7.90. The topological polar surface area (TPSA) is 59.1 Å². The number of benzene rings is 1. The molecular weight excluding hydrogens is 260 g/mol. The summed E-state index contributed by atoms with van der Waals surface area (Å²) in [5.41, 5.74) is 3.03. The van der Waals surface area contributed by atoms with Gasteiger partial charge >= 0.3 is 0 Å². The summed E-state index contributed by atoms with van der Waals surface area (Å²) in [5.74, 6) is 0. The van der Waals surface area contributed by atoms with Gasteiger partial charge in [0.25, 0.3) is 0 Å². The third kappa shape index (κ3) is 3.54. The van der Waals surface area contributed by atoms with Gasteiger partial charge < -0.3 is 5.32 Å². The van der Waals surface area contributed by atoms with E-state index in [4.69, 9.17) is 0 Å². The summed E-state index contributed by atoms with van der Waals surface area (Å²) in [7, 11) is -3.17. The van der Waals surface area contributed by atoms with Crippen LogP contribution in [0.4, 0.5) is 5.69 Å². The van der Waals surface area contributed by atoms with Crippen molar-refractivity contribution in [1.82, 2.24) is 4.98 Å². The molecule has 2 rings (SSSR count). The van der Waals surface area contributed by atoms with Crippen molar-refractivity contribution in [1.29, 1.82) is 0 Å². The first-order chi connectivity index (χ1) is 8.97. The van der Waals surface area contributed by atoms with Crippen LogP contribution in [0, 0.1) is 6.92 Å². The van der Waals surface area contributed by atoms with E-state index in [9.17, 15) is 8.42 Å². The summed E-state index contributed by atoms with van der Waals surface area (Å²) in [6, 6.07) is 8.76. The average molecular weight is 276 g/mol. The van der Waals surface area contributed by atoms with Gasteiger partial charge in [-0.2, -0.15) is 0 Å². The minimum atomic E-state index is -3.17. The van der Waals surface area contributed by atoms with Crippen molar-refractivity contribution in [3.05, 3.63) is 53.9 Å². The summed E-state index contributed by atoms with van der Waals surface area (Å²) < 4.78 is 23.0. The fraction of sp³-hybridized carbons (Fsp3) is 0.214. The number of aryl methyl sites for hydroxylation is 1. The van der Waals surface area contributed by atoms with Crippen LogP contribution in [-0.2, 0) is 16.4 Å². The Morgan fingerprint density at radius 2 is 2.05 bits per heavy atom. The molecule has 0 amide bonds. The van der Waals surface area contributed by atoms with Crippen molar-refractivity contribution >= 4 is 15.5 Å². The molecule has 19 heavy (non-hydrogen) atoms. The fourth-order valence-corrected chi connectivity index (χ4v) is 2.38. The van der Waals surface area contributed by atoms with Crippen LogP contribution in [-0.4, -0.2) is 19.7 Å². The Morgan fingerprint density at radius 3 is 2.74 bits per heavy atom. The number of hydrogen-bond acceptors (Lipinski definition) is 4. The second kappa shape index (κ2) is 5.40. The molecule has 0 aliphatic rings. The lowest BCUT2D eigenvalue weighted by molar-refractivity contribution is 0.602. The van der Waals surface area contributed by atoms with Gasteiger partial charge in [-0.25, -0.2) is 8.42 Å². The number of anilines is 1. The largest absolute Gasteiger partial charge is 0.381 e. The van der Waals surface area contributed by atoms with Crippen LogP contribution in [0.5, 0.6) is 0 Å². The Bertz CT molecular complexity index is 681. The van der Waals surface area contributed by atoms with Crippen molar-refractivity contribution in [3.63, 3.8) is 0 Å². The first kappa shape index (κ1) is 13.5. The molecule has 0 bridgehead atoms. The lowest BCUT2D eigenvalue weighted by Crippen LogP contribution is -2.03. The van der Waals surface area contributed by atoms with Gasteiger partial charge in [0, 0.05) is 30.9 Å².